The van der Waals surface area contributed by atoms with Crippen molar-refractivity contribution < 1.29 is 13.5 Å². The van der Waals surface area contributed by atoms with Crippen molar-refractivity contribution in [3.63, 3.8) is 0 Å². The quantitative estimate of drug-likeness (QED) is 0.823. The summed E-state index contributed by atoms with van der Waals surface area (Å²) in [5.41, 5.74) is 0.767. The highest BCUT2D eigenvalue weighted by Gasteiger charge is 2.17. The van der Waals surface area contributed by atoms with Gasteiger partial charge in [0.1, 0.15) is 0 Å². The molecular formula is C11H13F2NOS. The maximum Gasteiger partial charge on any atom is 0.288 e. The van der Waals surface area contributed by atoms with Gasteiger partial charge in [0, 0.05) is 17.2 Å². The van der Waals surface area contributed by atoms with Crippen LogP contribution < -0.4 is 5.32 Å². The maximum atomic E-state index is 12.3. The summed E-state index contributed by atoms with van der Waals surface area (Å²) in [6.45, 7) is 1.38. The predicted molar refractivity (Wildman–Crippen MR) is 61.1 cm³/mol. The van der Waals surface area contributed by atoms with Crippen LogP contribution in [0.15, 0.2) is 29.2 Å². The van der Waals surface area contributed by atoms with Gasteiger partial charge in [0.15, 0.2) is 0 Å². The number of hydrogen-bond acceptors (Lipinski definition) is 3. The second kappa shape index (κ2) is 5.50. The Kier molecular flexibility index (Phi) is 4.01. The average molecular weight is 245 g/mol. The Labute approximate surface area is 97.4 Å². The zero-order valence-corrected chi connectivity index (χ0v) is 9.47. The summed E-state index contributed by atoms with van der Waals surface area (Å²) in [5.74, 6) is -2.39. The summed E-state index contributed by atoms with van der Waals surface area (Å²) >= 11 is 0.572. The molecule has 0 spiro atoms. The summed E-state index contributed by atoms with van der Waals surface area (Å²) in [5, 5.41) is 3.24. The minimum absolute atomic E-state index is 0.236. The smallest absolute Gasteiger partial charge is 0.288 e. The zero-order chi connectivity index (χ0) is 11.4. The first-order chi connectivity index (χ1) is 7.75. The van der Waals surface area contributed by atoms with Crippen molar-refractivity contribution in [2.24, 2.45) is 0 Å². The van der Waals surface area contributed by atoms with E-state index in [9.17, 15) is 8.78 Å². The highest BCUT2D eigenvalue weighted by molar-refractivity contribution is 7.99. The molecule has 1 aliphatic rings. The number of thioether (sulfide) groups is 1. The van der Waals surface area contributed by atoms with E-state index < -0.39 is 5.76 Å². The van der Waals surface area contributed by atoms with Crippen LogP contribution in [0.25, 0.3) is 0 Å². The summed E-state index contributed by atoms with van der Waals surface area (Å²) in [7, 11) is 0. The van der Waals surface area contributed by atoms with Gasteiger partial charge < -0.3 is 10.1 Å². The van der Waals surface area contributed by atoms with Crippen LogP contribution in [0.1, 0.15) is 6.42 Å². The van der Waals surface area contributed by atoms with Crippen LogP contribution in [0.4, 0.5) is 14.5 Å². The van der Waals surface area contributed by atoms with Crippen LogP contribution in [0.3, 0.4) is 0 Å². The van der Waals surface area contributed by atoms with Crippen molar-refractivity contribution in [2.75, 3.05) is 18.5 Å². The van der Waals surface area contributed by atoms with Crippen molar-refractivity contribution in [3.05, 3.63) is 24.3 Å². The molecule has 1 aliphatic heterocycles. The van der Waals surface area contributed by atoms with Gasteiger partial charge in [-0.2, -0.15) is 8.78 Å². The van der Waals surface area contributed by atoms with Crippen LogP contribution in [0.5, 0.6) is 0 Å². The van der Waals surface area contributed by atoms with Crippen molar-refractivity contribution >= 4 is 17.4 Å². The van der Waals surface area contributed by atoms with E-state index in [1.807, 2.05) is 12.1 Å². The summed E-state index contributed by atoms with van der Waals surface area (Å²) in [4.78, 5) is 0.587. The third-order valence-electron chi connectivity index (χ3n) is 2.39. The number of benzene rings is 1. The highest BCUT2D eigenvalue weighted by Crippen LogP contribution is 2.32. The Balaban J connectivity index is 2.06. The Morgan fingerprint density at radius 1 is 1.38 bits per heavy atom. The van der Waals surface area contributed by atoms with Crippen LogP contribution in [-0.4, -0.2) is 25.0 Å². The molecule has 88 valence electrons. The minimum atomic E-state index is -2.39. The summed E-state index contributed by atoms with van der Waals surface area (Å²) in [6, 6.07) is 7.37. The third-order valence-corrected chi connectivity index (χ3v) is 3.18. The van der Waals surface area contributed by atoms with Crippen LogP contribution in [0.2, 0.25) is 0 Å². The number of anilines is 1. The normalized spacial score (nSPS) is 20.3. The van der Waals surface area contributed by atoms with Gasteiger partial charge in [-0.3, -0.25) is 0 Å². The van der Waals surface area contributed by atoms with Gasteiger partial charge in [-0.05, 0) is 18.6 Å². The fraction of sp³-hybridized carbons (Fsp3) is 0.455. The van der Waals surface area contributed by atoms with E-state index >= 15 is 0 Å². The van der Waals surface area contributed by atoms with Gasteiger partial charge in [0.2, 0.25) is 0 Å². The molecule has 2 rings (SSSR count). The molecule has 1 N–H and O–H groups in total. The number of nitrogens with one attached hydrogen (secondary N) is 1. The first kappa shape index (κ1) is 11.7. The molecule has 0 saturated carbocycles. The Morgan fingerprint density at radius 3 is 2.88 bits per heavy atom. The van der Waals surface area contributed by atoms with Gasteiger partial charge in [-0.15, -0.1) is 0 Å². The summed E-state index contributed by atoms with van der Waals surface area (Å²) in [6.07, 6.45) is 0.924. The largest absolute Gasteiger partial charge is 0.379 e. The van der Waals surface area contributed by atoms with Crippen LogP contribution >= 0.6 is 11.8 Å². The maximum absolute atomic E-state index is 12.3. The molecular weight excluding hydrogens is 232 g/mol. The second-order valence-electron chi connectivity index (χ2n) is 3.58. The standard InChI is InChI=1S/C11H13F2NOS/c12-11(13)16-10-4-2-1-3-9(10)14-8-5-6-15-7-8/h1-4,8,11,14H,5-7H2. The molecule has 1 fully saturated rings. The van der Waals surface area contributed by atoms with E-state index in [0.29, 0.717) is 23.3 Å². The monoisotopic (exact) mass is 245 g/mol. The van der Waals surface area contributed by atoms with E-state index in [1.54, 1.807) is 12.1 Å². The zero-order valence-electron chi connectivity index (χ0n) is 8.66. The minimum Gasteiger partial charge on any atom is -0.379 e. The Bertz CT molecular complexity index is 343. The average Bonchev–Trinajstić information content (AvgIpc) is 2.73. The van der Waals surface area contributed by atoms with Crippen molar-refractivity contribution in [3.8, 4) is 0 Å². The molecule has 1 heterocycles. The number of rotatable bonds is 4. The first-order valence-electron chi connectivity index (χ1n) is 5.14. The van der Waals surface area contributed by atoms with E-state index in [4.69, 9.17) is 4.74 Å². The van der Waals surface area contributed by atoms with Gasteiger partial charge in [-0.1, -0.05) is 23.9 Å². The predicted octanol–water partition coefficient (Wildman–Crippen LogP) is 3.20. The lowest BCUT2D eigenvalue weighted by atomic mass is 10.2. The van der Waals surface area contributed by atoms with E-state index in [2.05, 4.69) is 5.32 Å². The molecule has 1 aromatic rings. The molecule has 1 saturated heterocycles. The molecule has 5 heteroatoms. The molecule has 16 heavy (non-hydrogen) atoms. The fourth-order valence-corrected chi connectivity index (χ4v) is 2.26. The fourth-order valence-electron chi connectivity index (χ4n) is 1.65. The molecule has 1 aromatic carbocycles. The second-order valence-corrected chi connectivity index (χ2v) is 4.61. The number of ether oxygens (including phenoxy) is 1. The van der Waals surface area contributed by atoms with Gasteiger partial charge in [-0.25, -0.2) is 0 Å². The SMILES string of the molecule is FC(F)Sc1ccccc1NC1CCOC1. The first-order valence-corrected chi connectivity index (χ1v) is 6.02. The number of para-hydroxylation sites is 1. The molecule has 1 atom stereocenters. The van der Waals surface area contributed by atoms with Gasteiger partial charge in [0.25, 0.3) is 5.76 Å². The highest BCUT2D eigenvalue weighted by atomic mass is 32.2. The van der Waals surface area contributed by atoms with Crippen molar-refractivity contribution in [1.29, 1.82) is 0 Å². The molecule has 2 nitrogen and oxygen atoms in total. The molecule has 0 aromatic heterocycles. The number of alkyl halides is 2. The van der Waals surface area contributed by atoms with Crippen molar-refractivity contribution in [1.82, 2.24) is 0 Å². The molecule has 0 amide bonds. The van der Waals surface area contributed by atoms with Crippen molar-refractivity contribution in [2.45, 2.75) is 23.1 Å². The third kappa shape index (κ3) is 3.09. The summed E-state index contributed by atoms with van der Waals surface area (Å²) < 4.78 is 29.9. The lowest BCUT2D eigenvalue weighted by Gasteiger charge is -2.15. The van der Waals surface area contributed by atoms with Crippen LogP contribution in [0, 0.1) is 0 Å². The van der Waals surface area contributed by atoms with E-state index in [1.165, 1.54) is 0 Å². The lowest BCUT2D eigenvalue weighted by molar-refractivity contribution is 0.195. The molecule has 1 unspecified atom stereocenters. The molecule has 0 radical (unpaired) electrons. The Morgan fingerprint density at radius 2 is 2.19 bits per heavy atom. The van der Waals surface area contributed by atoms with Crippen LogP contribution in [-0.2, 0) is 4.74 Å². The number of hydrogen-bond donors (Lipinski definition) is 1. The van der Waals surface area contributed by atoms with Gasteiger partial charge in [0.05, 0.1) is 12.6 Å². The number of halogens is 2. The van der Waals surface area contributed by atoms with Gasteiger partial charge >= 0.3 is 0 Å². The molecule has 0 aliphatic carbocycles. The van der Waals surface area contributed by atoms with E-state index in [0.717, 1.165) is 18.7 Å². The van der Waals surface area contributed by atoms with E-state index in [-0.39, 0.29) is 6.04 Å². The lowest BCUT2D eigenvalue weighted by Crippen LogP contribution is -2.19. The Hall–Kier alpha value is -0.810. The topological polar surface area (TPSA) is 21.3 Å². The molecule has 0 bridgehead atoms.